The van der Waals surface area contributed by atoms with Crippen LogP contribution in [-0.2, 0) is 13.6 Å². The van der Waals surface area contributed by atoms with Gasteiger partial charge in [0.15, 0.2) is 0 Å². The molecule has 2 heterocycles. The molecule has 62 valence electrons. The third kappa shape index (κ3) is 1.23. The minimum atomic E-state index is 0.781. The van der Waals surface area contributed by atoms with E-state index < -0.39 is 0 Å². The number of aromatic nitrogens is 4. The van der Waals surface area contributed by atoms with Crippen LogP contribution in [-0.4, -0.2) is 19.3 Å². The van der Waals surface area contributed by atoms with E-state index in [4.69, 9.17) is 0 Å². The Hall–Kier alpha value is -1.58. The molecular formula is C8H10N4. The van der Waals surface area contributed by atoms with Crippen LogP contribution in [0.25, 0.3) is 0 Å². The number of rotatable bonds is 2. The molecule has 0 aromatic carbocycles. The summed E-state index contributed by atoms with van der Waals surface area (Å²) in [4.78, 5) is 4.02. The summed E-state index contributed by atoms with van der Waals surface area (Å²) >= 11 is 0. The molecule has 4 nitrogen and oxygen atoms in total. The molecule has 0 unspecified atom stereocenters. The van der Waals surface area contributed by atoms with Gasteiger partial charge in [0.05, 0.1) is 24.8 Å². The van der Waals surface area contributed by atoms with Gasteiger partial charge in [0.1, 0.15) is 0 Å². The second-order valence-corrected chi connectivity index (χ2v) is 2.70. The molecule has 2 aromatic heterocycles. The Morgan fingerprint density at radius 1 is 1.50 bits per heavy atom. The molecule has 0 saturated carbocycles. The highest BCUT2D eigenvalue weighted by atomic mass is 15.3. The highest BCUT2D eigenvalue weighted by molar-refractivity contribution is 4.98. The molecular weight excluding hydrogens is 152 g/mol. The highest BCUT2D eigenvalue weighted by Crippen LogP contribution is 1.98. The maximum Gasteiger partial charge on any atom is 0.0946 e. The van der Waals surface area contributed by atoms with E-state index in [0.717, 1.165) is 12.2 Å². The van der Waals surface area contributed by atoms with Gasteiger partial charge in [-0.05, 0) is 6.07 Å². The van der Waals surface area contributed by atoms with Gasteiger partial charge in [0, 0.05) is 19.4 Å². The largest absolute Gasteiger partial charge is 0.336 e. The Morgan fingerprint density at radius 3 is 3.00 bits per heavy atom. The smallest absolute Gasteiger partial charge is 0.0946 e. The zero-order valence-electron chi connectivity index (χ0n) is 6.88. The van der Waals surface area contributed by atoms with Crippen molar-refractivity contribution >= 4 is 0 Å². The van der Waals surface area contributed by atoms with Gasteiger partial charge in [-0.25, -0.2) is 4.98 Å². The lowest BCUT2D eigenvalue weighted by atomic mass is 10.5. The number of hydrogen-bond donors (Lipinski definition) is 0. The zero-order valence-corrected chi connectivity index (χ0v) is 6.88. The standard InChI is InChI=1S/C8H10N4/c1-11-7-9-5-8(11)6-12-4-2-3-10-12/h2-5,7H,6H2,1H3. The van der Waals surface area contributed by atoms with Crippen molar-refractivity contribution < 1.29 is 0 Å². The molecule has 0 N–H and O–H groups in total. The Labute approximate surface area is 70.5 Å². The topological polar surface area (TPSA) is 35.6 Å². The molecule has 0 aliphatic rings. The fraction of sp³-hybridized carbons (Fsp3) is 0.250. The molecule has 4 heteroatoms. The maximum atomic E-state index is 4.11. The quantitative estimate of drug-likeness (QED) is 0.650. The number of hydrogen-bond acceptors (Lipinski definition) is 2. The van der Waals surface area contributed by atoms with Crippen LogP contribution in [0.4, 0.5) is 0 Å². The van der Waals surface area contributed by atoms with Crippen molar-refractivity contribution in [1.29, 1.82) is 0 Å². The predicted molar refractivity (Wildman–Crippen MR) is 44.5 cm³/mol. The summed E-state index contributed by atoms with van der Waals surface area (Å²) in [7, 11) is 1.98. The van der Waals surface area contributed by atoms with Crippen molar-refractivity contribution in [3.05, 3.63) is 36.7 Å². The third-order valence-electron chi connectivity index (χ3n) is 1.80. The fourth-order valence-electron chi connectivity index (χ4n) is 1.10. The van der Waals surface area contributed by atoms with E-state index in [1.54, 1.807) is 12.5 Å². The van der Waals surface area contributed by atoms with Crippen LogP contribution in [0.15, 0.2) is 31.0 Å². The van der Waals surface area contributed by atoms with Crippen molar-refractivity contribution in [3.63, 3.8) is 0 Å². The number of imidazole rings is 1. The molecule has 0 aliphatic heterocycles. The minimum absolute atomic E-state index is 0.781. The molecule has 0 fully saturated rings. The predicted octanol–water partition coefficient (Wildman–Crippen LogP) is 0.665. The van der Waals surface area contributed by atoms with E-state index in [0.29, 0.717) is 0 Å². The van der Waals surface area contributed by atoms with Crippen LogP contribution >= 0.6 is 0 Å². The van der Waals surface area contributed by atoms with Crippen molar-refractivity contribution in [3.8, 4) is 0 Å². The molecule has 2 aromatic rings. The summed E-state index contributed by atoms with van der Waals surface area (Å²) in [6.07, 6.45) is 7.35. The highest BCUT2D eigenvalue weighted by Gasteiger charge is 1.98. The van der Waals surface area contributed by atoms with Gasteiger partial charge in [0.25, 0.3) is 0 Å². The van der Waals surface area contributed by atoms with Gasteiger partial charge < -0.3 is 4.57 Å². The monoisotopic (exact) mass is 162 g/mol. The van der Waals surface area contributed by atoms with E-state index in [9.17, 15) is 0 Å². The van der Waals surface area contributed by atoms with Crippen molar-refractivity contribution in [2.75, 3.05) is 0 Å². The summed E-state index contributed by atoms with van der Waals surface area (Å²) in [5, 5.41) is 4.11. The van der Waals surface area contributed by atoms with Gasteiger partial charge >= 0.3 is 0 Å². The summed E-state index contributed by atoms with van der Waals surface area (Å²) in [6.45, 7) is 0.781. The van der Waals surface area contributed by atoms with Crippen LogP contribution in [0.5, 0.6) is 0 Å². The van der Waals surface area contributed by atoms with E-state index in [-0.39, 0.29) is 0 Å². The lowest BCUT2D eigenvalue weighted by Crippen LogP contribution is -2.03. The van der Waals surface area contributed by atoms with Gasteiger partial charge in [-0.2, -0.15) is 5.10 Å². The normalized spacial score (nSPS) is 10.4. The Morgan fingerprint density at radius 2 is 2.42 bits per heavy atom. The third-order valence-corrected chi connectivity index (χ3v) is 1.80. The molecule has 2 rings (SSSR count). The molecule has 12 heavy (non-hydrogen) atoms. The first-order valence-corrected chi connectivity index (χ1v) is 3.79. The SMILES string of the molecule is Cn1cncc1Cn1cccn1. The lowest BCUT2D eigenvalue weighted by molar-refractivity contribution is 0.648. The number of nitrogens with zero attached hydrogens (tertiary/aromatic N) is 4. The Bertz CT molecular complexity index is 347. The maximum absolute atomic E-state index is 4.11. The van der Waals surface area contributed by atoms with E-state index >= 15 is 0 Å². The van der Waals surface area contributed by atoms with Gasteiger partial charge in [-0.1, -0.05) is 0 Å². The van der Waals surface area contributed by atoms with E-state index in [2.05, 4.69) is 10.1 Å². The fourth-order valence-corrected chi connectivity index (χ4v) is 1.10. The van der Waals surface area contributed by atoms with Crippen LogP contribution < -0.4 is 0 Å². The van der Waals surface area contributed by atoms with Gasteiger partial charge in [0.2, 0.25) is 0 Å². The average molecular weight is 162 g/mol. The first-order valence-electron chi connectivity index (χ1n) is 3.79. The summed E-state index contributed by atoms with van der Waals surface area (Å²) in [6, 6.07) is 1.91. The van der Waals surface area contributed by atoms with Crippen LogP contribution in [0, 0.1) is 0 Å². The van der Waals surface area contributed by atoms with E-state index in [1.807, 2.05) is 34.8 Å². The molecule has 0 aliphatic carbocycles. The second kappa shape index (κ2) is 2.81. The zero-order chi connectivity index (χ0) is 8.39. The summed E-state index contributed by atoms with van der Waals surface area (Å²) in [5.74, 6) is 0. The van der Waals surface area contributed by atoms with Crippen LogP contribution in [0.3, 0.4) is 0 Å². The lowest BCUT2D eigenvalue weighted by Gasteiger charge is -2.01. The second-order valence-electron chi connectivity index (χ2n) is 2.70. The Kier molecular flexibility index (Phi) is 1.66. The van der Waals surface area contributed by atoms with Crippen molar-refractivity contribution in [1.82, 2.24) is 19.3 Å². The van der Waals surface area contributed by atoms with Crippen molar-refractivity contribution in [2.45, 2.75) is 6.54 Å². The molecule has 0 saturated heterocycles. The van der Waals surface area contributed by atoms with Crippen LogP contribution in [0.1, 0.15) is 5.69 Å². The number of aryl methyl sites for hydroxylation is 1. The summed E-state index contributed by atoms with van der Waals surface area (Å²) in [5.41, 5.74) is 1.15. The first kappa shape index (κ1) is 7.09. The Balaban J connectivity index is 2.20. The molecule has 0 amide bonds. The average Bonchev–Trinajstić information content (AvgIpc) is 2.65. The van der Waals surface area contributed by atoms with Gasteiger partial charge in [-0.3, -0.25) is 4.68 Å². The minimum Gasteiger partial charge on any atom is -0.336 e. The van der Waals surface area contributed by atoms with Crippen LogP contribution in [0.2, 0.25) is 0 Å². The van der Waals surface area contributed by atoms with Gasteiger partial charge in [-0.15, -0.1) is 0 Å². The molecule has 0 bridgehead atoms. The summed E-state index contributed by atoms with van der Waals surface area (Å²) < 4.78 is 3.86. The molecule has 0 atom stereocenters. The first-order chi connectivity index (χ1) is 5.86. The molecule has 0 spiro atoms. The van der Waals surface area contributed by atoms with Crippen molar-refractivity contribution in [2.24, 2.45) is 7.05 Å². The van der Waals surface area contributed by atoms with E-state index in [1.165, 1.54) is 0 Å². The molecule has 0 radical (unpaired) electrons.